The first-order chi connectivity index (χ1) is 13.3. The zero-order valence-corrected chi connectivity index (χ0v) is 15.2. The molecular formula is C21H23N5O. The Bertz CT molecular complexity index is 856. The summed E-state index contributed by atoms with van der Waals surface area (Å²) in [6.45, 7) is 2.51. The van der Waals surface area contributed by atoms with E-state index in [2.05, 4.69) is 26.4 Å². The Morgan fingerprint density at radius 2 is 1.85 bits per heavy atom. The number of aromatic nitrogens is 3. The quantitative estimate of drug-likeness (QED) is 0.759. The van der Waals surface area contributed by atoms with Gasteiger partial charge in [0.05, 0.1) is 0 Å². The first-order valence-corrected chi connectivity index (χ1v) is 9.24. The molecule has 6 heteroatoms. The molecule has 2 aromatic heterocycles. The molecule has 1 amide bonds. The van der Waals surface area contributed by atoms with Gasteiger partial charge in [-0.25, -0.2) is 0 Å². The first kappa shape index (κ1) is 17.4. The van der Waals surface area contributed by atoms with Gasteiger partial charge in [0.25, 0.3) is 5.91 Å². The van der Waals surface area contributed by atoms with Crippen LogP contribution in [0, 0.1) is 0 Å². The fraction of sp³-hybridized carbons (Fsp3) is 0.286. The van der Waals surface area contributed by atoms with Crippen LogP contribution in [0.3, 0.4) is 0 Å². The third kappa shape index (κ3) is 3.75. The van der Waals surface area contributed by atoms with Gasteiger partial charge in [-0.2, -0.15) is 5.10 Å². The smallest absolute Gasteiger partial charge is 0.252 e. The van der Waals surface area contributed by atoms with Gasteiger partial charge >= 0.3 is 0 Å². The summed E-state index contributed by atoms with van der Waals surface area (Å²) in [4.78, 5) is 19.8. The predicted octanol–water partition coefficient (Wildman–Crippen LogP) is 2.91. The van der Waals surface area contributed by atoms with Crippen LogP contribution in [0.25, 0.3) is 0 Å². The average Bonchev–Trinajstić information content (AvgIpc) is 3.26. The van der Waals surface area contributed by atoms with E-state index in [-0.39, 0.29) is 5.91 Å². The standard InChI is InChI=1S/C21H23N5O/c27-20(24-19-7-2-1-3-8-19)21(26-13-5-12-23-26)9-14-25(15-10-21)17-18-6-4-11-22-16-18/h1-8,11-13,16H,9-10,14-15,17H2,(H,24,27). The number of hydrogen-bond donors (Lipinski definition) is 1. The molecule has 3 heterocycles. The minimum atomic E-state index is -0.662. The Kier molecular flexibility index (Phi) is 4.98. The lowest BCUT2D eigenvalue weighted by Gasteiger charge is -2.40. The fourth-order valence-electron chi connectivity index (χ4n) is 3.68. The third-order valence-corrected chi connectivity index (χ3v) is 5.21. The summed E-state index contributed by atoms with van der Waals surface area (Å²) in [5.41, 5.74) is 1.34. The van der Waals surface area contributed by atoms with Gasteiger partial charge in [-0.3, -0.25) is 19.4 Å². The molecule has 4 rings (SSSR count). The van der Waals surface area contributed by atoms with Crippen molar-refractivity contribution in [2.75, 3.05) is 18.4 Å². The highest BCUT2D eigenvalue weighted by molar-refractivity contribution is 5.96. The summed E-state index contributed by atoms with van der Waals surface area (Å²) in [6, 6.07) is 15.5. The van der Waals surface area contributed by atoms with Crippen LogP contribution in [-0.4, -0.2) is 38.7 Å². The van der Waals surface area contributed by atoms with E-state index in [1.54, 1.807) is 12.4 Å². The maximum atomic E-state index is 13.3. The van der Waals surface area contributed by atoms with Crippen molar-refractivity contribution in [1.82, 2.24) is 19.7 Å². The van der Waals surface area contributed by atoms with Gasteiger partial charge in [0.15, 0.2) is 0 Å². The Morgan fingerprint density at radius 1 is 1.04 bits per heavy atom. The lowest BCUT2D eigenvalue weighted by Crippen LogP contribution is -2.53. The molecule has 27 heavy (non-hydrogen) atoms. The maximum Gasteiger partial charge on any atom is 0.252 e. The maximum absolute atomic E-state index is 13.3. The molecule has 138 valence electrons. The average molecular weight is 361 g/mol. The summed E-state index contributed by atoms with van der Waals surface area (Å²) in [5.74, 6) is -0.00146. The van der Waals surface area contributed by atoms with Crippen LogP contribution in [0.15, 0.2) is 73.3 Å². The van der Waals surface area contributed by atoms with E-state index in [0.717, 1.165) is 25.3 Å². The van der Waals surface area contributed by atoms with Crippen molar-refractivity contribution in [2.45, 2.75) is 24.9 Å². The number of nitrogens with zero attached hydrogens (tertiary/aromatic N) is 4. The number of anilines is 1. The van der Waals surface area contributed by atoms with Crippen LogP contribution in [0.4, 0.5) is 5.69 Å². The van der Waals surface area contributed by atoms with Gasteiger partial charge in [-0.05, 0) is 42.7 Å². The van der Waals surface area contributed by atoms with Gasteiger partial charge in [-0.1, -0.05) is 24.3 Å². The van der Waals surface area contributed by atoms with Crippen LogP contribution in [0.5, 0.6) is 0 Å². The molecule has 6 nitrogen and oxygen atoms in total. The van der Waals surface area contributed by atoms with Crippen molar-refractivity contribution in [1.29, 1.82) is 0 Å². The number of carbonyl (C=O) groups is 1. The van der Waals surface area contributed by atoms with E-state index in [9.17, 15) is 4.79 Å². The lowest BCUT2D eigenvalue weighted by atomic mass is 9.86. The number of likely N-dealkylation sites (tertiary alicyclic amines) is 1. The molecule has 1 fully saturated rings. The normalized spacial score (nSPS) is 16.7. The third-order valence-electron chi connectivity index (χ3n) is 5.21. The summed E-state index contributed by atoms with van der Waals surface area (Å²) in [5, 5.41) is 7.49. The van der Waals surface area contributed by atoms with Crippen LogP contribution in [0.1, 0.15) is 18.4 Å². The van der Waals surface area contributed by atoms with Crippen molar-refractivity contribution in [3.63, 3.8) is 0 Å². The molecule has 0 bridgehead atoms. The number of hydrogen-bond acceptors (Lipinski definition) is 4. The lowest BCUT2D eigenvalue weighted by molar-refractivity contribution is -0.127. The highest BCUT2D eigenvalue weighted by atomic mass is 16.2. The molecule has 3 aromatic rings. The van der Waals surface area contributed by atoms with Gasteiger partial charge in [0.1, 0.15) is 5.54 Å². The topological polar surface area (TPSA) is 63.1 Å². The zero-order chi connectivity index (χ0) is 18.5. The fourth-order valence-corrected chi connectivity index (χ4v) is 3.68. The molecule has 1 saturated heterocycles. The van der Waals surface area contributed by atoms with Crippen molar-refractivity contribution < 1.29 is 4.79 Å². The van der Waals surface area contributed by atoms with Crippen molar-refractivity contribution in [3.05, 3.63) is 78.9 Å². The van der Waals surface area contributed by atoms with Crippen molar-refractivity contribution >= 4 is 11.6 Å². The Balaban J connectivity index is 1.50. The molecule has 1 aromatic carbocycles. The Labute approximate surface area is 158 Å². The zero-order valence-electron chi connectivity index (χ0n) is 15.2. The van der Waals surface area contributed by atoms with Crippen molar-refractivity contribution in [3.8, 4) is 0 Å². The van der Waals surface area contributed by atoms with E-state index < -0.39 is 5.54 Å². The number of piperidine rings is 1. The molecule has 1 aliphatic rings. The summed E-state index contributed by atoms with van der Waals surface area (Å²) in [7, 11) is 0. The van der Waals surface area contributed by atoms with Gasteiger partial charge in [0.2, 0.25) is 0 Å². The minimum Gasteiger partial charge on any atom is -0.324 e. The first-order valence-electron chi connectivity index (χ1n) is 9.24. The van der Waals surface area contributed by atoms with Gasteiger partial charge in [0, 0.05) is 50.1 Å². The molecule has 0 radical (unpaired) electrons. The molecule has 0 aliphatic carbocycles. The van der Waals surface area contributed by atoms with E-state index in [4.69, 9.17) is 0 Å². The second kappa shape index (κ2) is 7.72. The number of amides is 1. The largest absolute Gasteiger partial charge is 0.324 e. The van der Waals surface area contributed by atoms with Crippen LogP contribution in [0.2, 0.25) is 0 Å². The monoisotopic (exact) mass is 361 g/mol. The molecule has 0 atom stereocenters. The second-order valence-electron chi connectivity index (χ2n) is 6.94. The number of rotatable bonds is 5. The SMILES string of the molecule is O=C(Nc1ccccc1)C1(n2cccn2)CCN(Cc2cccnc2)CC1. The van der Waals surface area contributed by atoms with Gasteiger partial charge in [-0.15, -0.1) is 0 Å². The molecule has 0 spiro atoms. The number of benzene rings is 1. The predicted molar refractivity (Wildman–Crippen MR) is 104 cm³/mol. The highest BCUT2D eigenvalue weighted by Gasteiger charge is 2.43. The minimum absolute atomic E-state index is 0.00146. The molecule has 0 unspecified atom stereocenters. The number of pyridine rings is 1. The van der Waals surface area contributed by atoms with E-state index in [1.165, 1.54) is 5.56 Å². The van der Waals surface area contributed by atoms with Crippen LogP contribution < -0.4 is 5.32 Å². The Hall–Kier alpha value is -2.99. The second-order valence-corrected chi connectivity index (χ2v) is 6.94. The van der Waals surface area contributed by atoms with Crippen LogP contribution in [-0.2, 0) is 16.9 Å². The summed E-state index contributed by atoms with van der Waals surface area (Å²) in [6.07, 6.45) is 8.75. The Morgan fingerprint density at radius 3 is 2.52 bits per heavy atom. The van der Waals surface area contributed by atoms with E-state index in [0.29, 0.717) is 12.8 Å². The molecule has 1 N–H and O–H groups in total. The van der Waals surface area contributed by atoms with Crippen molar-refractivity contribution in [2.24, 2.45) is 0 Å². The van der Waals surface area contributed by atoms with E-state index >= 15 is 0 Å². The summed E-state index contributed by atoms with van der Waals surface area (Å²) >= 11 is 0. The summed E-state index contributed by atoms with van der Waals surface area (Å²) < 4.78 is 1.83. The number of para-hydroxylation sites is 1. The molecular weight excluding hydrogens is 338 g/mol. The number of nitrogens with one attached hydrogen (secondary N) is 1. The molecule has 0 saturated carbocycles. The van der Waals surface area contributed by atoms with E-state index in [1.807, 2.05) is 59.5 Å². The highest BCUT2D eigenvalue weighted by Crippen LogP contribution is 2.32. The van der Waals surface area contributed by atoms with Gasteiger partial charge < -0.3 is 5.32 Å². The molecule has 1 aliphatic heterocycles. The number of carbonyl (C=O) groups excluding carboxylic acids is 1. The van der Waals surface area contributed by atoms with Crippen LogP contribution >= 0.6 is 0 Å².